The molecule has 0 aromatic heterocycles. The Morgan fingerprint density at radius 3 is 2.48 bits per heavy atom. The van der Waals surface area contributed by atoms with Crippen LogP contribution in [0.1, 0.15) is 29.7 Å². The zero-order valence-corrected chi connectivity index (χ0v) is 12.8. The normalized spacial score (nSPS) is 12.0. The fourth-order valence-electron chi connectivity index (χ4n) is 2.25. The number of hydrogen-bond donors (Lipinski definition) is 2. The number of rotatable bonds is 5. The lowest BCUT2D eigenvalue weighted by molar-refractivity contribution is -0.115. The van der Waals surface area contributed by atoms with Crippen molar-refractivity contribution in [2.75, 3.05) is 11.9 Å². The van der Waals surface area contributed by atoms with Crippen molar-refractivity contribution in [1.82, 2.24) is 5.32 Å². The maximum absolute atomic E-state index is 12.0. The van der Waals surface area contributed by atoms with Gasteiger partial charge in [0.05, 0.1) is 6.54 Å². The highest BCUT2D eigenvalue weighted by atomic mass is 16.1. The third kappa shape index (κ3) is 4.43. The van der Waals surface area contributed by atoms with Crippen molar-refractivity contribution in [1.29, 1.82) is 0 Å². The summed E-state index contributed by atoms with van der Waals surface area (Å²) < 4.78 is 0. The van der Waals surface area contributed by atoms with E-state index in [1.165, 1.54) is 11.1 Å². The average molecular weight is 282 g/mol. The van der Waals surface area contributed by atoms with E-state index in [4.69, 9.17) is 0 Å². The fraction of sp³-hybridized carbons (Fsp3) is 0.278. The summed E-state index contributed by atoms with van der Waals surface area (Å²) in [5, 5.41) is 6.18. The topological polar surface area (TPSA) is 41.1 Å². The maximum Gasteiger partial charge on any atom is 0.238 e. The van der Waals surface area contributed by atoms with Gasteiger partial charge in [-0.05, 0) is 38.0 Å². The Morgan fingerprint density at radius 2 is 1.81 bits per heavy atom. The van der Waals surface area contributed by atoms with E-state index in [0.29, 0.717) is 6.54 Å². The molecule has 110 valence electrons. The molecule has 2 N–H and O–H groups in total. The second kappa shape index (κ2) is 7.04. The molecule has 2 aromatic carbocycles. The Hall–Kier alpha value is -2.13. The van der Waals surface area contributed by atoms with Crippen molar-refractivity contribution >= 4 is 11.6 Å². The molecule has 2 rings (SSSR count). The van der Waals surface area contributed by atoms with Gasteiger partial charge in [0.15, 0.2) is 0 Å². The van der Waals surface area contributed by atoms with Gasteiger partial charge in [-0.2, -0.15) is 0 Å². The minimum atomic E-state index is -0.0234. The van der Waals surface area contributed by atoms with Crippen LogP contribution in [0.25, 0.3) is 0 Å². The van der Waals surface area contributed by atoms with E-state index >= 15 is 0 Å². The van der Waals surface area contributed by atoms with Gasteiger partial charge < -0.3 is 10.6 Å². The summed E-state index contributed by atoms with van der Waals surface area (Å²) in [6.07, 6.45) is 0. The van der Waals surface area contributed by atoms with Crippen LogP contribution in [0.2, 0.25) is 0 Å². The van der Waals surface area contributed by atoms with Crippen LogP contribution in [0.5, 0.6) is 0 Å². The molecule has 0 aliphatic carbocycles. The first kappa shape index (κ1) is 15.3. The number of carbonyl (C=O) groups is 1. The Balaban J connectivity index is 1.87. The molecule has 0 heterocycles. The molecule has 1 atom stereocenters. The van der Waals surface area contributed by atoms with Crippen molar-refractivity contribution in [3.63, 3.8) is 0 Å². The quantitative estimate of drug-likeness (QED) is 0.880. The number of amides is 1. The van der Waals surface area contributed by atoms with Crippen molar-refractivity contribution in [3.05, 3.63) is 65.2 Å². The lowest BCUT2D eigenvalue weighted by Gasteiger charge is -2.15. The summed E-state index contributed by atoms with van der Waals surface area (Å²) in [7, 11) is 0. The molecule has 0 radical (unpaired) electrons. The minimum Gasteiger partial charge on any atom is -0.325 e. The fourth-order valence-corrected chi connectivity index (χ4v) is 2.25. The molecule has 1 amide bonds. The number of benzene rings is 2. The van der Waals surface area contributed by atoms with Crippen molar-refractivity contribution in [2.24, 2.45) is 0 Å². The lowest BCUT2D eigenvalue weighted by atomic mass is 10.1. The molecule has 2 aromatic rings. The third-order valence-corrected chi connectivity index (χ3v) is 3.52. The van der Waals surface area contributed by atoms with Crippen LogP contribution < -0.4 is 10.6 Å². The number of anilines is 1. The van der Waals surface area contributed by atoms with Gasteiger partial charge >= 0.3 is 0 Å². The molecule has 0 fully saturated rings. The average Bonchev–Trinajstić information content (AvgIpc) is 2.48. The number of carbonyl (C=O) groups excluding carboxylic acids is 1. The molecule has 0 saturated carbocycles. The van der Waals surface area contributed by atoms with Gasteiger partial charge in [-0.3, -0.25) is 4.79 Å². The summed E-state index contributed by atoms with van der Waals surface area (Å²) in [6, 6.07) is 16.3. The highest BCUT2D eigenvalue weighted by molar-refractivity contribution is 5.93. The number of aryl methyl sites for hydroxylation is 2. The van der Waals surface area contributed by atoms with Crippen LogP contribution in [-0.4, -0.2) is 12.5 Å². The van der Waals surface area contributed by atoms with Crippen LogP contribution >= 0.6 is 0 Å². The predicted molar refractivity (Wildman–Crippen MR) is 87.4 cm³/mol. The van der Waals surface area contributed by atoms with Crippen molar-refractivity contribution < 1.29 is 4.79 Å². The van der Waals surface area contributed by atoms with Gasteiger partial charge in [-0.1, -0.05) is 48.0 Å². The standard InChI is InChI=1S/C18H22N2O/c1-13-9-10-17(14(2)11-13)20-18(21)12-19-15(3)16-7-5-4-6-8-16/h4-11,15,19H,12H2,1-3H3,(H,20,21). The lowest BCUT2D eigenvalue weighted by Crippen LogP contribution is -2.30. The SMILES string of the molecule is Cc1ccc(NC(=O)CNC(C)c2ccccc2)c(C)c1. The number of nitrogens with one attached hydrogen (secondary N) is 2. The van der Waals surface area contributed by atoms with E-state index in [2.05, 4.69) is 35.8 Å². The van der Waals surface area contributed by atoms with E-state index in [1.54, 1.807) is 0 Å². The molecule has 0 saturated heterocycles. The Labute approximate surface area is 126 Å². The van der Waals surface area contributed by atoms with Crippen molar-refractivity contribution in [3.8, 4) is 0 Å². The van der Waals surface area contributed by atoms with Gasteiger partial charge in [0.25, 0.3) is 0 Å². The molecule has 0 aliphatic rings. The van der Waals surface area contributed by atoms with Crippen molar-refractivity contribution in [2.45, 2.75) is 26.8 Å². The Bertz CT molecular complexity index is 608. The maximum atomic E-state index is 12.0. The molecule has 0 spiro atoms. The minimum absolute atomic E-state index is 0.0234. The predicted octanol–water partition coefficient (Wildman–Crippen LogP) is 3.59. The van der Waals surface area contributed by atoms with Crippen LogP contribution in [0, 0.1) is 13.8 Å². The van der Waals surface area contributed by atoms with Gasteiger partial charge in [-0.15, -0.1) is 0 Å². The van der Waals surface area contributed by atoms with E-state index in [9.17, 15) is 4.79 Å². The highest BCUT2D eigenvalue weighted by Gasteiger charge is 2.08. The summed E-state index contributed by atoms with van der Waals surface area (Å²) in [6.45, 7) is 6.40. The molecular formula is C18H22N2O. The summed E-state index contributed by atoms with van der Waals surface area (Å²) in [5.41, 5.74) is 4.33. The molecule has 0 bridgehead atoms. The monoisotopic (exact) mass is 282 g/mol. The Morgan fingerprint density at radius 1 is 1.10 bits per heavy atom. The van der Waals surface area contributed by atoms with Crippen LogP contribution in [-0.2, 0) is 4.79 Å². The zero-order valence-electron chi connectivity index (χ0n) is 12.8. The second-order valence-corrected chi connectivity index (χ2v) is 5.38. The first-order valence-electron chi connectivity index (χ1n) is 7.21. The summed E-state index contributed by atoms with van der Waals surface area (Å²) in [4.78, 5) is 12.0. The zero-order chi connectivity index (χ0) is 15.2. The van der Waals surface area contributed by atoms with E-state index < -0.39 is 0 Å². The van der Waals surface area contributed by atoms with Crippen LogP contribution in [0.3, 0.4) is 0 Å². The van der Waals surface area contributed by atoms with Gasteiger partial charge in [0, 0.05) is 11.7 Å². The first-order valence-corrected chi connectivity index (χ1v) is 7.21. The number of hydrogen-bond acceptors (Lipinski definition) is 2. The molecular weight excluding hydrogens is 260 g/mol. The molecule has 3 heteroatoms. The van der Waals surface area contributed by atoms with Gasteiger partial charge in [0.1, 0.15) is 0 Å². The largest absolute Gasteiger partial charge is 0.325 e. The smallest absolute Gasteiger partial charge is 0.238 e. The second-order valence-electron chi connectivity index (χ2n) is 5.38. The first-order chi connectivity index (χ1) is 10.1. The van der Waals surface area contributed by atoms with Gasteiger partial charge in [-0.25, -0.2) is 0 Å². The highest BCUT2D eigenvalue weighted by Crippen LogP contribution is 2.16. The molecule has 3 nitrogen and oxygen atoms in total. The molecule has 0 aliphatic heterocycles. The van der Waals surface area contributed by atoms with E-state index in [0.717, 1.165) is 11.3 Å². The third-order valence-electron chi connectivity index (χ3n) is 3.52. The Kier molecular flexibility index (Phi) is 5.12. The van der Waals surface area contributed by atoms with Crippen LogP contribution in [0.15, 0.2) is 48.5 Å². The van der Waals surface area contributed by atoms with Crippen LogP contribution in [0.4, 0.5) is 5.69 Å². The summed E-state index contributed by atoms with van der Waals surface area (Å²) >= 11 is 0. The summed E-state index contributed by atoms with van der Waals surface area (Å²) in [5.74, 6) is -0.0234. The molecule has 1 unspecified atom stereocenters. The van der Waals surface area contributed by atoms with E-state index in [-0.39, 0.29) is 11.9 Å². The van der Waals surface area contributed by atoms with E-state index in [1.807, 2.05) is 44.2 Å². The van der Waals surface area contributed by atoms with Gasteiger partial charge in [0.2, 0.25) is 5.91 Å². The molecule has 21 heavy (non-hydrogen) atoms.